The van der Waals surface area contributed by atoms with Gasteiger partial charge in [0.15, 0.2) is 5.16 Å². The van der Waals surface area contributed by atoms with Crippen molar-refractivity contribution in [1.82, 2.24) is 14.9 Å². The van der Waals surface area contributed by atoms with Crippen molar-refractivity contribution in [1.29, 1.82) is 0 Å². The number of hydrogen-bond acceptors (Lipinski definition) is 3. The first-order valence-corrected chi connectivity index (χ1v) is 9.65. The zero-order chi connectivity index (χ0) is 18.5. The van der Waals surface area contributed by atoms with Gasteiger partial charge in [-0.15, -0.1) is 0 Å². The minimum absolute atomic E-state index is 0.0354. The maximum Gasteiger partial charge on any atom is 0.230 e. The maximum absolute atomic E-state index is 12.3. The fraction of sp³-hybridized carbons (Fsp3) is 0.200. The third-order valence-corrected chi connectivity index (χ3v) is 5.35. The SMILES string of the molecule is C[C@@H](NC(=O)CSc1ncc(-c2ccccc2)n1C)c1cccc(Cl)c1. The molecular weight excluding hydrogens is 366 g/mol. The van der Waals surface area contributed by atoms with Crippen molar-refractivity contribution in [3.8, 4) is 11.3 Å². The van der Waals surface area contributed by atoms with Crippen molar-refractivity contribution in [2.24, 2.45) is 7.05 Å². The third kappa shape index (κ3) is 4.48. The molecule has 0 radical (unpaired) electrons. The molecule has 26 heavy (non-hydrogen) atoms. The van der Waals surface area contributed by atoms with Crippen LogP contribution in [0, 0.1) is 0 Å². The zero-order valence-corrected chi connectivity index (χ0v) is 16.2. The lowest BCUT2D eigenvalue weighted by Crippen LogP contribution is -2.28. The number of thioether (sulfide) groups is 1. The van der Waals surface area contributed by atoms with Crippen molar-refractivity contribution in [2.75, 3.05) is 5.75 Å². The Morgan fingerprint density at radius 3 is 2.73 bits per heavy atom. The number of aromatic nitrogens is 2. The lowest BCUT2D eigenvalue weighted by atomic mass is 10.1. The van der Waals surface area contributed by atoms with Crippen LogP contribution in [0.4, 0.5) is 0 Å². The summed E-state index contributed by atoms with van der Waals surface area (Å²) in [7, 11) is 1.96. The molecule has 0 bridgehead atoms. The van der Waals surface area contributed by atoms with E-state index in [9.17, 15) is 4.79 Å². The highest BCUT2D eigenvalue weighted by Gasteiger charge is 2.13. The number of hydrogen-bond donors (Lipinski definition) is 1. The molecule has 3 aromatic rings. The second-order valence-electron chi connectivity index (χ2n) is 5.98. The molecule has 0 unspecified atom stereocenters. The number of nitrogens with zero attached hydrogens (tertiary/aromatic N) is 2. The van der Waals surface area contributed by atoms with E-state index in [1.54, 1.807) is 0 Å². The van der Waals surface area contributed by atoms with E-state index in [4.69, 9.17) is 11.6 Å². The Morgan fingerprint density at radius 2 is 2.00 bits per heavy atom. The van der Waals surface area contributed by atoms with Crippen molar-refractivity contribution in [2.45, 2.75) is 18.1 Å². The van der Waals surface area contributed by atoms with Gasteiger partial charge >= 0.3 is 0 Å². The lowest BCUT2D eigenvalue weighted by molar-refractivity contribution is -0.119. The molecule has 1 amide bonds. The molecule has 6 heteroatoms. The summed E-state index contributed by atoms with van der Waals surface area (Å²) in [5, 5.41) is 4.48. The van der Waals surface area contributed by atoms with E-state index in [1.165, 1.54) is 11.8 Å². The standard InChI is InChI=1S/C20H20ClN3OS/c1-14(16-9-6-10-17(21)11-16)23-19(25)13-26-20-22-12-18(24(20)2)15-7-4-3-5-8-15/h3-12,14H,13H2,1-2H3,(H,23,25)/t14-/m1/s1. The van der Waals surface area contributed by atoms with E-state index in [1.807, 2.05) is 79.3 Å². The maximum atomic E-state index is 12.3. The second-order valence-corrected chi connectivity index (χ2v) is 7.36. The molecule has 2 aromatic carbocycles. The lowest BCUT2D eigenvalue weighted by Gasteiger charge is -2.14. The highest BCUT2D eigenvalue weighted by atomic mass is 35.5. The summed E-state index contributed by atoms with van der Waals surface area (Å²) in [5.74, 6) is 0.274. The molecule has 1 N–H and O–H groups in total. The first-order chi connectivity index (χ1) is 12.5. The first-order valence-electron chi connectivity index (χ1n) is 8.29. The largest absolute Gasteiger partial charge is 0.349 e. The summed E-state index contributed by atoms with van der Waals surface area (Å²) in [6.07, 6.45) is 1.84. The number of benzene rings is 2. The number of carbonyl (C=O) groups excluding carboxylic acids is 1. The van der Waals surface area contributed by atoms with Crippen molar-refractivity contribution in [3.05, 3.63) is 71.4 Å². The fourth-order valence-corrected chi connectivity index (χ4v) is 3.64. The average molecular weight is 386 g/mol. The third-order valence-electron chi connectivity index (χ3n) is 4.07. The van der Waals surface area contributed by atoms with Gasteiger partial charge in [-0.2, -0.15) is 0 Å². The molecule has 0 saturated carbocycles. The van der Waals surface area contributed by atoms with Gasteiger partial charge in [0.05, 0.1) is 23.7 Å². The first kappa shape index (κ1) is 18.5. The molecule has 0 aliphatic carbocycles. The van der Waals surface area contributed by atoms with Crippen LogP contribution in [0.25, 0.3) is 11.3 Å². The van der Waals surface area contributed by atoms with E-state index < -0.39 is 0 Å². The zero-order valence-electron chi connectivity index (χ0n) is 14.6. The van der Waals surface area contributed by atoms with Gasteiger partial charge in [0.25, 0.3) is 0 Å². The molecule has 0 aliphatic rings. The second kappa shape index (κ2) is 8.43. The van der Waals surface area contributed by atoms with Gasteiger partial charge in [0.1, 0.15) is 0 Å². The van der Waals surface area contributed by atoms with Gasteiger partial charge in [-0.3, -0.25) is 4.79 Å². The molecule has 0 saturated heterocycles. The summed E-state index contributed by atoms with van der Waals surface area (Å²) in [6, 6.07) is 17.5. The topological polar surface area (TPSA) is 46.9 Å². The summed E-state index contributed by atoms with van der Waals surface area (Å²) in [6.45, 7) is 1.95. The fourth-order valence-electron chi connectivity index (χ4n) is 2.68. The highest BCUT2D eigenvalue weighted by molar-refractivity contribution is 7.99. The average Bonchev–Trinajstić information content (AvgIpc) is 3.01. The number of amides is 1. The van der Waals surface area contributed by atoms with E-state index >= 15 is 0 Å². The van der Waals surface area contributed by atoms with Crippen LogP contribution in [-0.4, -0.2) is 21.2 Å². The molecule has 4 nitrogen and oxygen atoms in total. The van der Waals surface area contributed by atoms with Gasteiger partial charge in [0.2, 0.25) is 5.91 Å². The molecule has 1 aromatic heterocycles. The van der Waals surface area contributed by atoms with E-state index in [0.29, 0.717) is 10.8 Å². The number of halogens is 1. The van der Waals surface area contributed by atoms with Crippen molar-refractivity contribution in [3.63, 3.8) is 0 Å². The highest BCUT2D eigenvalue weighted by Crippen LogP contribution is 2.25. The van der Waals surface area contributed by atoms with Crippen LogP contribution in [-0.2, 0) is 11.8 Å². The van der Waals surface area contributed by atoms with Gasteiger partial charge in [-0.1, -0.05) is 65.8 Å². The van der Waals surface area contributed by atoms with Gasteiger partial charge in [0, 0.05) is 12.1 Å². The summed E-state index contributed by atoms with van der Waals surface area (Å²) >= 11 is 7.43. The smallest absolute Gasteiger partial charge is 0.230 e. The quantitative estimate of drug-likeness (QED) is 0.625. The van der Waals surface area contributed by atoms with Crippen LogP contribution in [0.2, 0.25) is 5.02 Å². The molecule has 3 rings (SSSR count). The van der Waals surface area contributed by atoms with Crippen LogP contribution in [0.3, 0.4) is 0 Å². The van der Waals surface area contributed by atoms with Crippen LogP contribution in [0.15, 0.2) is 66.0 Å². The van der Waals surface area contributed by atoms with E-state index in [0.717, 1.165) is 22.0 Å². The number of imidazole rings is 1. The Morgan fingerprint density at radius 1 is 1.23 bits per heavy atom. The predicted molar refractivity (Wildman–Crippen MR) is 107 cm³/mol. The molecule has 1 atom stereocenters. The molecule has 134 valence electrons. The van der Waals surface area contributed by atoms with Crippen LogP contribution >= 0.6 is 23.4 Å². The Bertz CT molecular complexity index is 895. The minimum Gasteiger partial charge on any atom is -0.349 e. The Balaban J connectivity index is 1.59. The predicted octanol–water partition coefficient (Wildman–Crippen LogP) is 4.71. The van der Waals surface area contributed by atoms with E-state index in [2.05, 4.69) is 10.3 Å². The number of carbonyl (C=O) groups is 1. The van der Waals surface area contributed by atoms with E-state index in [-0.39, 0.29) is 11.9 Å². The molecule has 0 spiro atoms. The summed E-state index contributed by atoms with van der Waals surface area (Å²) in [5.41, 5.74) is 3.12. The Hall–Kier alpha value is -2.24. The normalized spacial score (nSPS) is 12.0. The van der Waals surface area contributed by atoms with Crippen LogP contribution < -0.4 is 5.32 Å². The van der Waals surface area contributed by atoms with Crippen molar-refractivity contribution >= 4 is 29.3 Å². The molecule has 0 fully saturated rings. The van der Waals surface area contributed by atoms with Gasteiger partial charge in [-0.25, -0.2) is 4.98 Å². The molecular formula is C20H20ClN3OS. The van der Waals surface area contributed by atoms with Crippen LogP contribution in [0.5, 0.6) is 0 Å². The van der Waals surface area contributed by atoms with Gasteiger partial charge in [-0.05, 0) is 30.2 Å². The molecule has 0 aliphatic heterocycles. The number of rotatable bonds is 6. The van der Waals surface area contributed by atoms with Crippen molar-refractivity contribution < 1.29 is 4.79 Å². The van der Waals surface area contributed by atoms with Crippen LogP contribution in [0.1, 0.15) is 18.5 Å². The minimum atomic E-state index is -0.0944. The Labute approximate surface area is 162 Å². The van der Waals surface area contributed by atoms with Gasteiger partial charge < -0.3 is 9.88 Å². The monoisotopic (exact) mass is 385 g/mol. The summed E-state index contributed by atoms with van der Waals surface area (Å²) in [4.78, 5) is 16.7. The summed E-state index contributed by atoms with van der Waals surface area (Å²) < 4.78 is 2.01. The molecule has 1 heterocycles. The Kier molecular flexibility index (Phi) is 6.01. The number of nitrogens with one attached hydrogen (secondary N) is 1.